The highest BCUT2D eigenvalue weighted by molar-refractivity contribution is 6.08. The maximum Gasteiger partial charge on any atom is 0.230 e. The fourth-order valence-electron chi connectivity index (χ4n) is 4.83. The van der Waals surface area contributed by atoms with Gasteiger partial charge in [0.1, 0.15) is 11.3 Å². The summed E-state index contributed by atoms with van der Waals surface area (Å²) in [4.78, 5) is 24.1. The van der Waals surface area contributed by atoms with Crippen LogP contribution in [0.3, 0.4) is 0 Å². The van der Waals surface area contributed by atoms with E-state index in [2.05, 4.69) is 16.0 Å². The summed E-state index contributed by atoms with van der Waals surface area (Å²) < 4.78 is 7.27. The summed E-state index contributed by atoms with van der Waals surface area (Å²) in [5, 5.41) is 6.59. The lowest BCUT2D eigenvalue weighted by atomic mass is 9.90. The van der Waals surface area contributed by atoms with Crippen LogP contribution in [0.25, 0.3) is 27.4 Å². The third-order valence-corrected chi connectivity index (χ3v) is 6.74. The van der Waals surface area contributed by atoms with Crippen LogP contribution >= 0.6 is 0 Å². The van der Waals surface area contributed by atoms with Crippen LogP contribution in [0.2, 0.25) is 0 Å². The Morgan fingerprint density at radius 1 is 1.24 bits per heavy atom. The van der Waals surface area contributed by atoms with Gasteiger partial charge in [-0.2, -0.15) is 5.10 Å². The lowest BCUT2D eigenvalue weighted by molar-refractivity contribution is -0.143. The van der Waals surface area contributed by atoms with Crippen molar-refractivity contribution in [3.05, 3.63) is 36.0 Å². The van der Waals surface area contributed by atoms with Crippen LogP contribution in [0.4, 0.5) is 5.82 Å². The highest BCUT2D eigenvalue weighted by Gasteiger charge is 2.35. The average Bonchev–Trinajstić information content (AvgIpc) is 3.49. The Bertz CT molecular complexity index is 1280. The van der Waals surface area contributed by atoms with Crippen LogP contribution in [-0.4, -0.2) is 64.6 Å². The Balaban J connectivity index is 1.42. The molecule has 172 valence electrons. The topological polar surface area (TPSA) is 98.6 Å². The number of anilines is 1. The number of methoxy groups -OCH3 is 1. The fourth-order valence-corrected chi connectivity index (χ4v) is 4.83. The number of ether oxygens (including phenoxy) is 1. The van der Waals surface area contributed by atoms with Gasteiger partial charge in [-0.25, -0.2) is 4.98 Å². The quantitative estimate of drug-likeness (QED) is 0.648. The Hall–Kier alpha value is -3.26. The van der Waals surface area contributed by atoms with Crippen molar-refractivity contribution in [3.63, 3.8) is 0 Å². The zero-order valence-electron chi connectivity index (χ0n) is 19.4. The van der Waals surface area contributed by atoms with E-state index in [-0.39, 0.29) is 12.0 Å². The van der Waals surface area contributed by atoms with Crippen molar-refractivity contribution >= 4 is 45.3 Å². The number of nitrogen functional groups attached to an aromatic ring is 1. The van der Waals surface area contributed by atoms with E-state index in [9.17, 15) is 4.79 Å². The highest BCUT2D eigenvalue weighted by atomic mass is 16.5. The van der Waals surface area contributed by atoms with Gasteiger partial charge in [0.05, 0.1) is 35.5 Å². The number of pyridine rings is 1. The van der Waals surface area contributed by atoms with E-state index in [1.165, 1.54) is 0 Å². The lowest BCUT2D eigenvalue weighted by Gasteiger charge is -2.36. The maximum atomic E-state index is 13.3. The van der Waals surface area contributed by atoms with Gasteiger partial charge in [0.15, 0.2) is 0 Å². The molecule has 2 N–H and O–H groups in total. The molecule has 5 rings (SSSR count). The molecule has 0 aliphatic carbocycles. The third kappa shape index (κ3) is 3.99. The van der Waals surface area contributed by atoms with Gasteiger partial charge in [-0.05, 0) is 56.0 Å². The van der Waals surface area contributed by atoms with Crippen molar-refractivity contribution in [2.24, 2.45) is 10.4 Å². The summed E-state index contributed by atoms with van der Waals surface area (Å²) >= 11 is 0. The molecule has 0 unspecified atom stereocenters. The van der Waals surface area contributed by atoms with E-state index in [1.54, 1.807) is 7.11 Å². The number of piperidine rings is 1. The van der Waals surface area contributed by atoms with Gasteiger partial charge in [-0.3, -0.25) is 14.5 Å². The van der Waals surface area contributed by atoms with Crippen molar-refractivity contribution in [2.75, 3.05) is 32.5 Å². The smallest absolute Gasteiger partial charge is 0.230 e. The van der Waals surface area contributed by atoms with Crippen LogP contribution < -0.4 is 5.73 Å². The second-order valence-corrected chi connectivity index (χ2v) is 9.61. The normalized spacial score (nSPS) is 17.3. The van der Waals surface area contributed by atoms with Crippen molar-refractivity contribution in [1.82, 2.24) is 19.7 Å². The first-order valence-electron chi connectivity index (χ1n) is 11.4. The van der Waals surface area contributed by atoms with E-state index >= 15 is 0 Å². The molecule has 1 amide bonds. The van der Waals surface area contributed by atoms with Crippen LogP contribution in [0.1, 0.15) is 32.3 Å². The number of amides is 1. The first-order valence-corrected chi connectivity index (χ1v) is 11.4. The minimum absolute atomic E-state index is 0.143. The molecule has 8 nitrogen and oxygen atoms in total. The molecule has 2 aromatic heterocycles. The van der Waals surface area contributed by atoms with Crippen molar-refractivity contribution in [2.45, 2.75) is 39.3 Å². The van der Waals surface area contributed by atoms with E-state index in [0.717, 1.165) is 58.9 Å². The molecular formula is C25H30N6O2. The molecule has 0 saturated carbocycles. The standard InChI is InChI=1S/C25H30N6O2/c1-25(2,24(32)30-10-7-18(33-3)8-11-30)15-31-14-20-22(29-31)19-5-4-16(17-6-9-27-13-17)12-21(19)28-23(20)26/h4-6,9,12,14,18H,7-8,10-11,13,15H2,1-3H3,(H2,26,28). The molecule has 1 saturated heterocycles. The minimum atomic E-state index is -0.595. The second kappa shape index (κ2) is 8.26. The number of aliphatic imine (C=N–C) groups is 1. The minimum Gasteiger partial charge on any atom is -0.383 e. The van der Waals surface area contributed by atoms with Crippen LogP contribution in [-0.2, 0) is 16.1 Å². The summed E-state index contributed by atoms with van der Waals surface area (Å²) in [5.74, 6) is 0.590. The maximum absolute atomic E-state index is 13.3. The zero-order chi connectivity index (χ0) is 23.2. The first-order chi connectivity index (χ1) is 15.9. The molecule has 0 bridgehead atoms. The first kappa shape index (κ1) is 21.6. The molecule has 3 aromatic rings. The average molecular weight is 447 g/mol. The molecule has 1 fully saturated rings. The van der Waals surface area contributed by atoms with Gasteiger partial charge < -0.3 is 15.4 Å². The predicted molar refractivity (Wildman–Crippen MR) is 131 cm³/mol. The Morgan fingerprint density at radius 3 is 2.73 bits per heavy atom. The molecular weight excluding hydrogens is 416 g/mol. The van der Waals surface area contributed by atoms with Gasteiger partial charge in [-0.1, -0.05) is 6.07 Å². The molecule has 2 aliphatic rings. The summed E-state index contributed by atoms with van der Waals surface area (Å²) in [7, 11) is 1.74. The monoisotopic (exact) mass is 446 g/mol. The number of rotatable bonds is 5. The SMILES string of the molecule is COC1CCN(C(=O)C(C)(C)Cn2cc3c(N)nc4cc(C5=CC=NC5)ccc4c3n2)CC1. The number of carbonyl (C=O) groups is 1. The van der Waals surface area contributed by atoms with Crippen molar-refractivity contribution < 1.29 is 9.53 Å². The highest BCUT2D eigenvalue weighted by Crippen LogP contribution is 2.31. The number of carbonyl (C=O) groups excluding carboxylic acids is 1. The van der Waals surface area contributed by atoms with E-state index < -0.39 is 5.41 Å². The second-order valence-electron chi connectivity index (χ2n) is 9.61. The van der Waals surface area contributed by atoms with Gasteiger partial charge in [0, 0.05) is 38.0 Å². The lowest BCUT2D eigenvalue weighted by Crippen LogP contribution is -2.47. The van der Waals surface area contributed by atoms with Gasteiger partial charge in [0.25, 0.3) is 0 Å². The molecule has 33 heavy (non-hydrogen) atoms. The summed E-state index contributed by atoms with van der Waals surface area (Å²) in [6.07, 6.45) is 7.76. The van der Waals surface area contributed by atoms with Crippen molar-refractivity contribution in [3.8, 4) is 0 Å². The van der Waals surface area contributed by atoms with Gasteiger partial charge in [-0.15, -0.1) is 0 Å². The summed E-state index contributed by atoms with van der Waals surface area (Å²) in [5.41, 5.74) is 9.60. The summed E-state index contributed by atoms with van der Waals surface area (Å²) in [6, 6.07) is 6.17. The molecule has 4 heterocycles. The Morgan fingerprint density at radius 2 is 2.03 bits per heavy atom. The number of nitrogens with two attached hydrogens (primary N) is 1. The van der Waals surface area contributed by atoms with Gasteiger partial charge >= 0.3 is 0 Å². The fraction of sp³-hybridized carbons (Fsp3) is 0.440. The van der Waals surface area contributed by atoms with E-state index in [1.807, 2.05) is 54.0 Å². The predicted octanol–water partition coefficient (Wildman–Crippen LogP) is 3.30. The molecule has 0 spiro atoms. The summed E-state index contributed by atoms with van der Waals surface area (Å²) in [6.45, 7) is 6.57. The number of aromatic nitrogens is 3. The number of likely N-dealkylation sites (tertiary alicyclic amines) is 1. The number of nitrogens with zero attached hydrogens (tertiary/aromatic N) is 5. The number of hydrogen-bond acceptors (Lipinski definition) is 6. The van der Waals surface area contributed by atoms with Crippen LogP contribution in [0.5, 0.6) is 0 Å². The molecule has 0 radical (unpaired) electrons. The molecule has 2 aliphatic heterocycles. The number of fused-ring (bicyclic) bond motifs is 3. The molecule has 1 aromatic carbocycles. The van der Waals surface area contributed by atoms with Crippen LogP contribution in [0, 0.1) is 5.41 Å². The zero-order valence-corrected chi connectivity index (χ0v) is 19.4. The van der Waals surface area contributed by atoms with E-state index in [4.69, 9.17) is 15.6 Å². The largest absolute Gasteiger partial charge is 0.383 e. The van der Waals surface area contributed by atoms with Gasteiger partial charge in [0.2, 0.25) is 5.91 Å². The number of benzene rings is 1. The number of hydrogen-bond donors (Lipinski definition) is 1. The molecule has 0 atom stereocenters. The van der Waals surface area contributed by atoms with Crippen LogP contribution in [0.15, 0.2) is 35.5 Å². The Kier molecular flexibility index (Phi) is 5.40. The van der Waals surface area contributed by atoms with E-state index in [0.29, 0.717) is 18.9 Å². The molecule has 8 heteroatoms. The van der Waals surface area contributed by atoms with Crippen molar-refractivity contribution in [1.29, 1.82) is 0 Å². The third-order valence-electron chi connectivity index (χ3n) is 6.74. The number of allylic oxidation sites excluding steroid dienone is 1. The Labute approximate surface area is 193 Å².